The van der Waals surface area contributed by atoms with Crippen LogP contribution in [0.1, 0.15) is 25.7 Å². The summed E-state index contributed by atoms with van der Waals surface area (Å²) in [5.41, 5.74) is 0.598. The SMILES string of the molecule is COc1cc(OC)c(OC)cc1NC(=O)CCC1CCNCC1. The van der Waals surface area contributed by atoms with Gasteiger partial charge in [0.1, 0.15) is 5.75 Å². The number of hydrogen-bond donors (Lipinski definition) is 2. The van der Waals surface area contributed by atoms with Crippen LogP contribution in [-0.4, -0.2) is 40.3 Å². The number of piperidine rings is 1. The van der Waals surface area contributed by atoms with Crippen LogP contribution in [0.3, 0.4) is 0 Å². The predicted molar refractivity (Wildman–Crippen MR) is 89.6 cm³/mol. The minimum atomic E-state index is -0.00551. The molecular weight excluding hydrogens is 296 g/mol. The van der Waals surface area contributed by atoms with Crippen molar-refractivity contribution >= 4 is 11.6 Å². The first-order valence-electron chi connectivity index (χ1n) is 7.98. The maximum absolute atomic E-state index is 12.2. The van der Waals surface area contributed by atoms with Crippen LogP contribution in [0.4, 0.5) is 5.69 Å². The summed E-state index contributed by atoms with van der Waals surface area (Å²) in [5, 5.41) is 6.25. The maximum Gasteiger partial charge on any atom is 0.224 e. The van der Waals surface area contributed by atoms with Crippen LogP contribution in [0, 0.1) is 5.92 Å². The second-order valence-electron chi connectivity index (χ2n) is 5.69. The molecule has 0 unspecified atom stereocenters. The molecule has 23 heavy (non-hydrogen) atoms. The van der Waals surface area contributed by atoms with Crippen LogP contribution in [0.25, 0.3) is 0 Å². The van der Waals surface area contributed by atoms with Gasteiger partial charge in [0.2, 0.25) is 5.91 Å². The number of benzene rings is 1. The summed E-state index contributed by atoms with van der Waals surface area (Å²) >= 11 is 0. The third-order valence-corrected chi connectivity index (χ3v) is 4.22. The molecule has 1 aromatic carbocycles. The van der Waals surface area contributed by atoms with Crippen LogP contribution < -0.4 is 24.8 Å². The van der Waals surface area contributed by atoms with E-state index in [1.54, 1.807) is 33.5 Å². The standard InChI is InChI=1S/C17H26N2O4/c1-21-14-11-16(23-3)15(22-2)10-13(14)19-17(20)5-4-12-6-8-18-9-7-12/h10-12,18H,4-9H2,1-3H3,(H,19,20). The minimum Gasteiger partial charge on any atom is -0.494 e. The lowest BCUT2D eigenvalue weighted by Crippen LogP contribution is -2.28. The molecule has 0 aliphatic carbocycles. The molecule has 0 radical (unpaired) electrons. The van der Waals surface area contributed by atoms with Gasteiger partial charge in [0.05, 0.1) is 27.0 Å². The van der Waals surface area contributed by atoms with Gasteiger partial charge in [0.25, 0.3) is 0 Å². The van der Waals surface area contributed by atoms with Crippen molar-refractivity contribution in [3.8, 4) is 17.2 Å². The Morgan fingerprint density at radius 3 is 2.30 bits per heavy atom. The molecule has 1 aliphatic rings. The topological polar surface area (TPSA) is 68.8 Å². The highest BCUT2D eigenvalue weighted by atomic mass is 16.5. The molecule has 0 bridgehead atoms. The average molecular weight is 322 g/mol. The molecule has 2 N–H and O–H groups in total. The largest absolute Gasteiger partial charge is 0.494 e. The Morgan fingerprint density at radius 1 is 1.09 bits per heavy atom. The fourth-order valence-corrected chi connectivity index (χ4v) is 2.85. The van der Waals surface area contributed by atoms with Gasteiger partial charge in [-0.25, -0.2) is 0 Å². The Bertz CT molecular complexity index is 528. The average Bonchev–Trinajstić information content (AvgIpc) is 2.60. The van der Waals surface area contributed by atoms with E-state index in [-0.39, 0.29) is 5.91 Å². The first kappa shape index (κ1) is 17.4. The summed E-state index contributed by atoms with van der Waals surface area (Å²) in [6, 6.07) is 3.43. The fourth-order valence-electron chi connectivity index (χ4n) is 2.85. The van der Waals surface area contributed by atoms with Gasteiger partial charge < -0.3 is 24.8 Å². The molecule has 6 nitrogen and oxygen atoms in total. The molecule has 6 heteroatoms. The Morgan fingerprint density at radius 2 is 1.70 bits per heavy atom. The van der Waals surface area contributed by atoms with Gasteiger partial charge in [-0.05, 0) is 38.3 Å². The Balaban J connectivity index is 1.98. The molecule has 1 heterocycles. The number of anilines is 1. The number of carbonyl (C=O) groups is 1. The molecule has 2 rings (SSSR count). The van der Waals surface area contributed by atoms with E-state index >= 15 is 0 Å². The monoisotopic (exact) mass is 322 g/mol. The third kappa shape index (κ3) is 4.76. The van der Waals surface area contributed by atoms with E-state index in [1.165, 1.54) is 0 Å². The Hall–Kier alpha value is -1.95. The van der Waals surface area contributed by atoms with Crippen LogP contribution in [0.2, 0.25) is 0 Å². The molecule has 0 spiro atoms. The molecule has 0 saturated carbocycles. The number of carbonyl (C=O) groups excluding carboxylic acids is 1. The van der Waals surface area contributed by atoms with Gasteiger partial charge in [-0.15, -0.1) is 0 Å². The second kappa shape index (κ2) is 8.62. The molecule has 1 aromatic rings. The fraction of sp³-hybridized carbons (Fsp3) is 0.588. The molecule has 0 atom stereocenters. The van der Waals surface area contributed by atoms with Crippen molar-refractivity contribution in [3.63, 3.8) is 0 Å². The summed E-state index contributed by atoms with van der Waals surface area (Å²) in [6.45, 7) is 2.10. The minimum absolute atomic E-state index is 0.00551. The maximum atomic E-state index is 12.2. The van der Waals surface area contributed by atoms with Crippen molar-refractivity contribution in [2.75, 3.05) is 39.7 Å². The third-order valence-electron chi connectivity index (χ3n) is 4.22. The van der Waals surface area contributed by atoms with E-state index in [0.717, 1.165) is 32.4 Å². The lowest BCUT2D eigenvalue weighted by Gasteiger charge is -2.22. The van der Waals surface area contributed by atoms with Crippen molar-refractivity contribution in [1.29, 1.82) is 0 Å². The summed E-state index contributed by atoms with van der Waals surface area (Å²) in [7, 11) is 4.69. The van der Waals surface area contributed by atoms with Crippen LogP contribution >= 0.6 is 0 Å². The zero-order chi connectivity index (χ0) is 16.7. The van der Waals surface area contributed by atoms with Gasteiger partial charge in [-0.3, -0.25) is 4.79 Å². The summed E-state index contributed by atoms with van der Waals surface area (Å²) in [4.78, 5) is 12.2. The molecular formula is C17H26N2O4. The molecule has 1 saturated heterocycles. The van der Waals surface area contributed by atoms with Gasteiger partial charge in [-0.1, -0.05) is 0 Å². The number of methoxy groups -OCH3 is 3. The first-order valence-corrected chi connectivity index (χ1v) is 7.98. The molecule has 1 aliphatic heterocycles. The van der Waals surface area contributed by atoms with Crippen LogP contribution in [0.15, 0.2) is 12.1 Å². The highest BCUT2D eigenvalue weighted by Crippen LogP contribution is 2.37. The Kier molecular flexibility index (Phi) is 6.52. The van der Waals surface area contributed by atoms with Crippen molar-refractivity contribution in [1.82, 2.24) is 5.32 Å². The van der Waals surface area contributed by atoms with Gasteiger partial charge >= 0.3 is 0 Å². The molecule has 128 valence electrons. The predicted octanol–water partition coefficient (Wildman–Crippen LogP) is 2.43. The molecule has 1 fully saturated rings. The second-order valence-corrected chi connectivity index (χ2v) is 5.69. The normalized spacial score (nSPS) is 15.1. The van der Waals surface area contributed by atoms with E-state index in [4.69, 9.17) is 14.2 Å². The van der Waals surface area contributed by atoms with Crippen molar-refractivity contribution in [2.45, 2.75) is 25.7 Å². The smallest absolute Gasteiger partial charge is 0.224 e. The lowest BCUT2D eigenvalue weighted by molar-refractivity contribution is -0.116. The zero-order valence-corrected chi connectivity index (χ0v) is 14.1. The molecule has 0 aromatic heterocycles. The number of hydrogen-bond acceptors (Lipinski definition) is 5. The van der Waals surface area contributed by atoms with Crippen molar-refractivity contribution in [2.24, 2.45) is 5.92 Å². The van der Waals surface area contributed by atoms with Gasteiger partial charge in [-0.2, -0.15) is 0 Å². The quantitative estimate of drug-likeness (QED) is 0.807. The summed E-state index contributed by atoms with van der Waals surface area (Å²) < 4.78 is 15.8. The van der Waals surface area contributed by atoms with Gasteiger partial charge in [0.15, 0.2) is 11.5 Å². The number of amides is 1. The van der Waals surface area contributed by atoms with Crippen molar-refractivity contribution in [3.05, 3.63) is 12.1 Å². The molecule has 1 amide bonds. The summed E-state index contributed by atoms with van der Waals surface area (Å²) in [6.07, 6.45) is 3.73. The van der Waals surface area contributed by atoms with Crippen LogP contribution in [-0.2, 0) is 4.79 Å². The van der Waals surface area contributed by atoms with E-state index in [1.807, 2.05) is 0 Å². The van der Waals surface area contributed by atoms with E-state index in [0.29, 0.717) is 35.3 Å². The number of rotatable bonds is 7. The van der Waals surface area contributed by atoms with E-state index in [9.17, 15) is 4.79 Å². The number of nitrogens with one attached hydrogen (secondary N) is 2. The lowest BCUT2D eigenvalue weighted by atomic mass is 9.93. The zero-order valence-electron chi connectivity index (χ0n) is 14.1. The van der Waals surface area contributed by atoms with Crippen LogP contribution in [0.5, 0.6) is 17.2 Å². The highest BCUT2D eigenvalue weighted by molar-refractivity contribution is 5.92. The van der Waals surface area contributed by atoms with E-state index in [2.05, 4.69) is 10.6 Å². The number of ether oxygens (including phenoxy) is 3. The first-order chi connectivity index (χ1) is 11.2. The highest BCUT2D eigenvalue weighted by Gasteiger charge is 2.17. The Labute approximate surface area is 137 Å². The summed E-state index contributed by atoms with van der Waals surface area (Å²) in [5.74, 6) is 2.31. The van der Waals surface area contributed by atoms with Crippen molar-refractivity contribution < 1.29 is 19.0 Å². The van der Waals surface area contributed by atoms with Gasteiger partial charge in [0, 0.05) is 18.6 Å². The van der Waals surface area contributed by atoms with E-state index < -0.39 is 0 Å².